The molecule has 0 amide bonds. The third-order valence-corrected chi connectivity index (χ3v) is 1.82. The molecule has 3 nitrogen and oxygen atoms in total. The summed E-state index contributed by atoms with van der Waals surface area (Å²) in [6.45, 7) is 8.80. The lowest BCUT2D eigenvalue weighted by Crippen LogP contribution is -2.28. The van der Waals surface area contributed by atoms with Gasteiger partial charge < -0.3 is 4.74 Å². The van der Waals surface area contributed by atoms with Gasteiger partial charge in [-0.1, -0.05) is 13.8 Å². The molecule has 0 heterocycles. The fourth-order valence-corrected chi connectivity index (χ4v) is 0.512. The molecule has 0 rings (SSSR count). The Morgan fingerprint density at radius 3 is 2.08 bits per heavy atom. The monoisotopic (exact) mass is 186 g/mol. The maximum Gasteiger partial charge on any atom is 0.318 e. The summed E-state index contributed by atoms with van der Waals surface area (Å²) in [5.41, 5.74) is -0.608. The first kappa shape index (κ1) is 12.1. The summed E-state index contributed by atoms with van der Waals surface area (Å²) in [6, 6.07) is 0. The van der Waals surface area contributed by atoms with Gasteiger partial charge in [0.05, 0.1) is 11.3 Å². The predicted molar refractivity (Wildman–Crippen MR) is 50.0 cm³/mol. The fraction of sp³-hybridized carbons (Fsp3) is 0.800. The Kier molecular flexibility index (Phi) is 4.11. The molecule has 0 radical (unpaired) electrons. The molecule has 0 saturated heterocycles. The van der Waals surface area contributed by atoms with E-state index >= 15 is 0 Å². The van der Waals surface area contributed by atoms with Gasteiger partial charge in [0.1, 0.15) is 0 Å². The van der Waals surface area contributed by atoms with Gasteiger partial charge in [0.25, 0.3) is 0 Å². The van der Waals surface area contributed by atoms with E-state index in [0.717, 1.165) is 0 Å². The summed E-state index contributed by atoms with van der Waals surface area (Å²) >= 11 is 0. The Labute approximate surface area is 79.5 Å². The fourth-order valence-electron chi connectivity index (χ4n) is 0.512. The van der Waals surface area contributed by atoms with Gasteiger partial charge in [0.2, 0.25) is 0 Å². The van der Waals surface area contributed by atoms with Crippen molar-refractivity contribution in [2.45, 2.75) is 41.0 Å². The number of ether oxygens (including phenoxy) is 1. The minimum absolute atomic E-state index is 0.203. The number of esters is 2. The van der Waals surface area contributed by atoms with Gasteiger partial charge in [-0.05, 0) is 27.2 Å². The first-order valence-electron chi connectivity index (χ1n) is 4.55. The molecule has 13 heavy (non-hydrogen) atoms. The highest BCUT2D eigenvalue weighted by molar-refractivity contribution is 5.89. The van der Waals surface area contributed by atoms with E-state index in [1.165, 1.54) is 0 Å². The second-order valence-electron chi connectivity index (χ2n) is 4.27. The van der Waals surface area contributed by atoms with Crippen molar-refractivity contribution >= 4 is 11.9 Å². The molecular formula is C10H18O3. The van der Waals surface area contributed by atoms with Gasteiger partial charge >= 0.3 is 11.9 Å². The molecule has 0 spiro atoms. The van der Waals surface area contributed by atoms with E-state index in [1.807, 2.05) is 6.92 Å². The van der Waals surface area contributed by atoms with Gasteiger partial charge in [0, 0.05) is 0 Å². The minimum atomic E-state index is -0.608. The van der Waals surface area contributed by atoms with Gasteiger partial charge in [-0.3, -0.25) is 9.59 Å². The van der Waals surface area contributed by atoms with Gasteiger partial charge in [0.15, 0.2) is 0 Å². The Hall–Kier alpha value is -0.860. The zero-order chi connectivity index (χ0) is 10.6. The summed E-state index contributed by atoms with van der Waals surface area (Å²) in [6.07, 6.45) is 0.691. The molecule has 1 unspecified atom stereocenters. The maximum atomic E-state index is 11.3. The van der Waals surface area contributed by atoms with E-state index in [-0.39, 0.29) is 5.92 Å². The van der Waals surface area contributed by atoms with Gasteiger partial charge in [-0.25, -0.2) is 0 Å². The minimum Gasteiger partial charge on any atom is -0.393 e. The summed E-state index contributed by atoms with van der Waals surface area (Å²) in [4.78, 5) is 22.4. The van der Waals surface area contributed by atoms with E-state index in [9.17, 15) is 9.59 Å². The molecule has 0 aliphatic carbocycles. The van der Waals surface area contributed by atoms with Crippen molar-refractivity contribution in [2.24, 2.45) is 11.3 Å². The SMILES string of the molecule is CCC(C)C(=O)OC(=O)C(C)(C)C. The molecule has 3 heteroatoms. The van der Waals surface area contributed by atoms with Crippen LogP contribution >= 0.6 is 0 Å². The van der Waals surface area contributed by atoms with Crippen LogP contribution in [0.2, 0.25) is 0 Å². The van der Waals surface area contributed by atoms with Crippen LogP contribution in [0, 0.1) is 11.3 Å². The van der Waals surface area contributed by atoms with Crippen LogP contribution in [0.5, 0.6) is 0 Å². The Morgan fingerprint density at radius 2 is 1.77 bits per heavy atom. The molecule has 0 aliphatic rings. The average Bonchev–Trinajstić information content (AvgIpc) is 2.01. The molecule has 0 N–H and O–H groups in total. The van der Waals surface area contributed by atoms with E-state index < -0.39 is 17.4 Å². The van der Waals surface area contributed by atoms with Crippen molar-refractivity contribution < 1.29 is 14.3 Å². The highest BCUT2D eigenvalue weighted by Gasteiger charge is 2.27. The standard InChI is InChI=1S/C10H18O3/c1-6-7(2)8(11)13-9(12)10(3,4)5/h7H,6H2,1-5H3. The lowest BCUT2D eigenvalue weighted by Gasteiger charge is -2.16. The largest absolute Gasteiger partial charge is 0.393 e. The van der Waals surface area contributed by atoms with Crippen LogP contribution in [0.15, 0.2) is 0 Å². The smallest absolute Gasteiger partial charge is 0.318 e. The van der Waals surface area contributed by atoms with Crippen LogP contribution in [0.3, 0.4) is 0 Å². The normalized spacial score (nSPS) is 13.6. The number of rotatable bonds is 2. The molecule has 0 fully saturated rings. The molecule has 0 saturated carbocycles. The van der Waals surface area contributed by atoms with Gasteiger partial charge in [-0.2, -0.15) is 0 Å². The number of hydrogen-bond acceptors (Lipinski definition) is 3. The van der Waals surface area contributed by atoms with Crippen LogP contribution in [-0.4, -0.2) is 11.9 Å². The predicted octanol–water partition coefficient (Wildman–Crippen LogP) is 2.15. The molecular weight excluding hydrogens is 168 g/mol. The van der Waals surface area contributed by atoms with E-state index in [2.05, 4.69) is 4.74 Å². The molecule has 0 aromatic heterocycles. The second-order valence-corrected chi connectivity index (χ2v) is 4.27. The molecule has 0 aromatic rings. The molecule has 0 aromatic carbocycles. The van der Waals surface area contributed by atoms with E-state index in [4.69, 9.17) is 0 Å². The highest BCUT2D eigenvalue weighted by Crippen LogP contribution is 2.16. The number of hydrogen-bond donors (Lipinski definition) is 0. The van der Waals surface area contributed by atoms with Crippen LogP contribution in [-0.2, 0) is 14.3 Å². The Morgan fingerprint density at radius 1 is 1.31 bits per heavy atom. The van der Waals surface area contributed by atoms with Crippen molar-refractivity contribution in [3.05, 3.63) is 0 Å². The van der Waals surface area contributed by atoms with Crippen LogP contribution < -0.4 is 0 Å². The van der Waals surface area contributed by atoms with Crippen LogP contribution in [0.1, 0.15) is 41.0 Å². The van der Waals surface area contributed by atoms with Crippen molar-refractivity contribution in [1.82, 2.24) is 0 Å². The lowest BCUT2D eigenvalue weighted by atomic mass is 9.97. The van der Waals surface area contributed by atoms with E-state index in [0.29, 0.717) is 6.42 Å². The quantitative estimate of drug-likeness (QED) is 0.490. The third-order valence-electron chi connectivity index (χ3n) is 1.82. The molecule has 0 bridgehead atoms. The van der Waals surface area contributed by atoms with Crippen LogP contribution in [0.25, 0.3) is 0 Å². The Balaban J connectivity index is 4.16. The topological polar surface area (TPSA) is 43.4 Å². The Bertz CT molecular complexity index is 201. The average molecular weight is 186 g/mol. The first-order valence-corrected chi connectivity index (χ1v) is 4.55. The summed E-state index contributed by atoms with van der Waals surface area (Å²) in [7, 11) is 0. The van der Waals surface area contributed by atoms with Gasteiger partial charge in [-0.15, -0.1) is 0 Å². The van der Waals surface area contributed by atoms with Crippen molar-refractivity contribution in [3.8, 4) is 0 Å². The molecule has 0 aliphatic heterocycles. The highest BCUT2D eigenvalue weighted by atomic mass is 16.6. The molecule has 76 valence electrons. The molecule has 1 atom stereocenters. The summed E-state index contributed by atoms with van der Waals surface area (Å²) in [5.74, 6) is -1.09. The van der Waals surface area contributed by atoms with Crippen molar-refractivity contribution in [1.29, 1.82) is 0 Å². The maximum absolute atomic E-state index is 11.3. The van der Waals surface area contributed by atoms with E-state index in [1.54, 1.807) is 27.7 Å². The zero-order valence-corrected chi connectivity index (χ0v) is 9.01. The van der Waals surface area contributed by atoms with Crippen molar-refractivity contribution in [2.75, 3.05) is 0 Å². The second kappa shape index (κ2) is 4.40. The lowest BCUT2D eigenvalue weighted by molar-refractivity contribution is -0.168. The van der Waals surface area contributed by atoms with Crippen LogP contribution in [0.4, 0.5) is 0 Å². The van der Waals surface area contributed by atoms with Crippen molar-refractivity contribution in [3.63, 3.8) is 0 Å². The summed E-state index contributed by atoms with van der Waals surface area (Å²) < 4.78 is 4.69. The number of carbonyl (C=O) groups is 2. The number of carbonyl (C=O) groups excluding carboxylic acids is 2. The first-order chi connectivity index (χ1) is 5.79. The third kappa shape index (κ3) is 4.06. The summed E-state index contributed by atoms with van der Waals surface area (Å²) in [5, 5.41) is 0. The zero-order valence-electron chi connectivity index (χ0n) is 9.01.